The van der Waals surface area contributed by atoms with Gasteiger partial charge >= 0.3 is 0 Å². The summed E-state index contributed by atoms with van der Waals surface area (Å²) >= 11 is 5.96. The summed E-state index contributed by atoms with van der Waals surface area (Å²) in [5.41, 5.74) is 1.07. The molecule has 0 saturated heterocycles. The topological polar surface area (TPSA) is 76.4 Å². The van der Waals surface area contributed by atoms with Crippen molar-refractivity contribution >= 4 is 41.5 Å². The van der Waals surface area contributed by atoms with E-state index in [1.165, 1.54) is 0 Å². The monoisotopic (exact) mass is 504 g/mol. The maximum Gasteiger partial charge on any atom is 0.191 e. The van der Waals surface area contributed by atoms with Crippen molar-refractivity contribution in [3.8, 4) is 0 Å². The van der Waals surface area contributed by atoms with Crippen molar-refractivity contribution in [1.82, 2.24) is 25.4 Å². The quantitative estimate of drug-likeness (QED) is 0.372. The third-order valence-corrected chi connectivity index (χ3v) is 4.76. The lowest BCUT2D eigenvalue weighted by molar-refractivity contribution is 0.106. The van der Waals surface area contributed by atoms with E-state index in [1.54, 1.807) is 14.2 Å². The fourth-order valence-corrected chi connectivity index (χ4v) is 3.27. The molecule has 0 bridgehead atoms. The van der Waals surface area contributed by atoms with Crippen LogP contribution >= 0.6 is 35.6 Å². The summed E-state index contributed by atoms with van der Waals surface area (Å²) in [6.07, 6.45) is 1.84. The Morgan fingerprint density at radius 1 is 1.41 bits per heavy atom. The van der Waals surface area contributed by atoms with Crippen LogP contribution in [0, 0.1) is 6.92 Å². The number of methoxy groups -OCH3 is 1. The van der Waals surface area contributed by atoms with Crippen LogP contribution < -0.4 is 10.6 Å². The number of aromatic nitrogens is 3. The van der Waals surface area contributed by atoms with Crippen molar-refractivity contribution in [2.75, 3.05) is 20.7 Å². The van der Waals surface area contributed by atoms with E-state index in [9.17, 15) is 0 Å². The Bertz CT molecular complexity index is 764. The van der Waals surface area contributed by atoms with Crippen LogP contribution in [0.4, 0.5) is 0 Å². The number of fused-ring (bicyclic) bond motifs is 1. The number of rotatable bonds is 5. The Morgan fingerprint density at radius 3 is 2.81 bits per heavy atom. The number of guanidine groups is 1. The molecule has 0 radical (unpaired) electrons. The van der Waals surface area contributed by atoms with Gasteiger partial charge in [0.05, 0.1) is 12.6 Å². The molecule has 9 heteroatoms. The molecule has 3 rings (SSSR count). The molecule has 27 heavy (non-hydrogen) atoms. The highest BCUT2D eigenvalue weighted by Crippen LogP contribution is 2.18. The average Bonchev–Trinajstić information content (AvgIpc) is 3.01. The minimum absolute atomic E-state index is 0. The van der Waals surface area contributed by atoms with Gasteiger partial charge in [0.1, 0.15) is 11.6 Å². The Kier molecular flexibility index (Phi) is 8.30. The molecule has 0 fully saturated rings. The molecule has 2 N–H and O–H groups in total. The van der Waals surface area contributed by atoms with Gasteiger partial charge in [-0.15, -0.1) is 24.0 Å². The van der Waals surface area contributed by atoms with Gasteiger partial charge in [-0.25, -0.2) is 9.67 Å². The van der Waals surface area contributed by atoms with Gasteiger partial charge in [0.2, 0.25) is 0 Å². The van der Waals surface area contributed by atoms with Crippen molar-refractivity contribution in [3.63, 3.8) is 0 Å². The summed E-state index contributed by atoms with van der Waals surface area (Å²) < 4.78 is 7.58. The minimum atomic E-state index is -0.0817. The first-order valence-corrected chi connectivity index (χ1v) is 9.12. The second-order valence-electron chi connectivity index (χ2n) is 6.37. The Hall–Kier alpha value is -1.39. The molecule has 7 nitrogen and oxygen atoms in total. The van der Waals surface area contributed by atoms with Crippen molar-refractivity contribution in [2.45, 2.75) is 38.5 Å². The van der Waals surface area contributed by atoms with Gasteiger partial charge in [-0.05, 0) is 31.0 Å². The molecule has 0 aliphatic carbocycles. The van der Waals surface area contributed by atoms with Crippen LogP contribution in [-0.4, -0.2) is 47.5 Å². The molecule has 2 unspecified atom stereocenters. The lowest BCUT2D eigenvalue weighted by Gasteiger charge is -2.26. The van der Waals surface area contributed by atoms with Crippen LogP contribution in [0.2, 0.25) is 5.02 Å². The molecule has 0 saturated carbocycles. The van der Waals surface area contributed by atoms with Gasteiger partial charge in [0, 0.05) is 38.2 Å². The molecule has 0 spiro atoms. The predicted molar refractivity (Wildman–Crippen MR) is 118 cm³/mol. The van der Waals surface area contributed by atoms with Gasteiger partial charge in [-0.1, -0.05) is 23.7 Å². The SMILES string of the molecule is CN=C(NCC(OC)c1ccc(Cl)cc1)NC1CCc2nc(C)nn2C1.I. The number of benzene rings is 1. The second-order valence-corrected chi connectivity index (χ2v) is 6.80. The zero-order valence-electron chi connectivity index (χ0n) is 15.8. The maximum absolute atomic E-state index is 5.96. The molecule has 1 aliphatic rings. The number of halogens is 2. The largest absolute Gasteiger partial charge is 0.375 e. The normalized spacial score (nSPS) is 17.6. The second kappa shape index (κ2) is 10.2. The summed E-state index contributed by atoms with van der Waals surface area (Å²) in [5.74, 6) is 2.64. The molecule has 1 aliphatic heterocycles. The van der Waals surface area contributed by atoms with Crippen molar-refractivity contribution in [3.05, 3.63) is 46.5 Å². The summed E-state index contributed by atoms with van der Waals surface area (Å²) in [7, 11) is 3.47. The van der Waals surface area contributed by atoms with Gasteiger partial charge in [-0.3, -0.25) is 4.99 Å². The standard InChI is InChI=1S/C18H25ClN6O.HI/c1-12-22-17-9-8-15(11-25(17)24-12)23-18(20-2)21-10-16(26-3)13-4-6-14(19)7-5-13;/h4-7,15-16H,8-11H2,1-3H3,(H2,20,21,23);1H. The third kappa shape index (κ3) is 5.79. The fraction of sp³-hybridized carbons (Fsp3) is 0.500. The Labute approximate surface area is 182 Å². The summed E-state index contributed by atoms with van der Waals surface area (Å²) in [5, 5.41) is 12.0. The molecule has 1 aromatic heterocycles. The summed E-state index contributed by atoms with van der Waals surface area (Å²) in [6.45, 7) is 3.33. The van der Waals surface area contributed by atoms with Crippen LogP contribution in [0.25, 0.3) is 0 Å². The van der Waals surface area contributed by atoms with Crippen molar-refractivity contribution in [2.24, 2.45) is 4.99 Å². The van der Waals surface area contributed by atoms with E-state index >= 15 is 0 Å². The number of aryl methyl sites for hydroxylation is 2. The van der Waals surface area contributed by atoms with Crippen LogP contribution in [0.3, 0.4) is 0 Å². The van der Waals surface area contributed by atoms with E-state index in [2.05, 4.69) is 25.7 Å². The van der Waals surface area contributed by atoms with E-state index in [4.69, 9.17) is 16.3 Å². The first kappa shape index (κ1) is 21.9. The lowest BCUT2D eigenvalue weighted by Crippen LogP contribution is -2.48. The highest BCUT2D eigenvalue weighted by atomic mass is 127. The van der Waals surface area contributed by atoms with Crippen LogP contribution in [-0.2, 0) is 17.7 Å². The van der Waals surface area contributed by atoms with Gasteiger partial charge in [-0.2, -0.15) is 5.10 Å². The average molecular weight is 505 g/mol. The number of nitrogens with one attached hydrogen (secondary N) is 2. The van der Waals surface area contributed by atoms with Crippen LogP contribution in [0.5, 0.6) is 0 Å². The van der Waals surface area contributed by atoms with E-state index < -0.39 is 0 Å². The number of nitrogens with zero attached hydrogens (tertiary/aromatic N) is 4. The third-order valence-electron chi connectivity index (χ3n) is 4.51. The van der Waals surface area contributed by atoms with E-state index in [1.807, 2.05) is 35.9 Å². The zero-order chi connectivity index (χ0) is 18.5. The Balaban J connectivity index is 0.00000261. The van der Waals surface area contributed by atoms with Gasteiger partial charge in [0.25, 0.3) is 0 Å². The molecule has 2 atom stereocenters. The molecule has 1 aromatic carbocycles. The highest BCUT2D eigenvalue weighted by Gasteiger charge is 2.22. The van der Waals surface area contributed by atoms with E-state index in [-0.39, 0.29) is 36.1 Å². The van der Waals surface area contributed by atoms with Crippen molar-refractivity contribution < 1.29 is 4.74 Å². The number of aliphatic imine (C=N–C) groups is 1. The predicted octanol–water partition coefficient (Wildman–Crippen LogP) is 2.73. The van der Waals surface area contributed by atoms with E-state index in [0.29, 0.717) is 11.6 Å². The Morgan fingerprint density at radius 2 is 2.15 bits per heavy atom. The minimum Gasteiger partial charge on any atom is -0.375 e. The summed E-state index contributed by atoms with van der Waals surface area (Å²) in [4.78, 5) is 8.78. The van der Waals surface area contributed by atoms with Crippen LogP contribution in [0.15, 0.2) is 29.3 Å². The highest BCUT2D eigenvalue weighted by molar-refractivity contribution is 14.0. The van der Waals surface area contributed by atoms with Gasteiger partial charge < -0.3 is 15.4 Å². The first-order valence-electron chi connectivity index (χ1n) is 8.74. The summed E-state index contributed by atoms with van der Waals surface area (Å²) in [6, 6.07) is 7.96. The molecule has 2 aromatic rings. The van der Waals surface area contributed by atoms with E-state index in [0.717, 1.165) is 42.6 Å². The van der Waals surface area contributed by atoms with Gasteiger partial charge in [0.15, 0.2) is 5.96 Å². The molecule has 2 heterocycles. The molecular weight excluding hydrogens is 479 g/mol. The first-order chi connectivity index (χ1) is 12.6. The molecule has 0 amide bonds. The number of hydrogen-bond donors (Lipinski definition) is 2. The van der Waals surface area contributed by atoms with Crippen molar-refractivity contribution in [1.29, 1.82) is 0 Å². The molecule has 148 valence electrons. The smallest absolute Gasteiger partial charge is 0.191 e. The lowest BCUT2D eigenvalue weighted by atomic mass is 10.1. The molecular formula is C18H26ClIN6O. The fourth-order valence-electron chi connectivity index (χ4n) is 3.14. The van der Waals surface area contributed by atoms with Crippen LogP contribution in [0.1, 0.15) is 29.7 Å². The number of ether oxygens (including phenoxy) is 1. The number of hydrogen-bond acceptors (Lipinski definition) is 4. The maximum atomic E-state index is 5.96. The zero-order valence-corrected chi connectivity index (χ0v) is 18.9.